The molecule has 2 nitrogen and oxygen atoms in total. The molecule has 0 amide bonds. The summed E-state index contributed by atoms with van der Waals surface area (Å²) in [6, 6.07) is 0. The van der Waals surface area contributed by atoms with Crippen molar-refractivity contribution in [3.8, 4) is 0 Å². The Bertz CT molecular complexity index is 294. The molecule has 78 valence electrons. The summed E-state index contributed by atoms with van der Waals surface area (Å²) in [4.78, 5) is 14.8. The molecule has 0 radical (unpaired) electrons. The molecule has 0 aliphatic carbocycles. The highest BCUT2D eigenvalue weighted by Crippen LogP contribution is 2.21. The fourth-order valence-corrected chi connectivity index (χ4v) is 1.52. The molecule has 0 saturated heterocycles. The van der Waals surface area contributed by atoms with Crippen LogP contribution in [-0.4, -0.2) is 16.9 Å². The van der Waals surface area contributed by atoms with Gasteiger partial charge in [-0.2, -0.15) is 13.2 Å². The molecular weight excluding hydrogens is 215 g/mol. The first-order chi connectivity index (χ1) is 6.47. The summed E-state index contributed by atoms with van der Waals surface area (Å²) < 4.78 is 35.2. The number of hydrogen-bond acceptors (Lipinski definition) is 3. The molecule has 0 atom stereocenters. The van der Waals surface area contributed by atoms with E-state index in [1.807, 2.05) is 0 Å². The molecular formula is C8H8F3NOS. The third kappa shape index (κ3) is 4.36. The number of carbonyl (C=O) groups is 1. The monoisotopic (exact) mass is 223 g/mol. The molecule has 0 fully saturated rings. The van der Waals surface area contributed by atoms with E-state index in [0.29, 0.717) is 5.01 Å². The maximum absolute atomic E-state index is 11.7. The predicted molar refractivity (Wildman–Crippen MR) is 46.1 cm³/mol. The van der Waals surface area contributed by atoms with Crippen molar-refractivity contribution >= 4 is 17.1 Å². The Morgan fingerprint density at radius 1 is 1.50 bits per heavy atom. The van der Waals surface area contributed by atoms with Gasteiger partial charge in [-0.15, -0.1) is 11.3 Å². The Labute approximate surface area is 82.8 Å². The summed E-state index contributed by atoms with van der Waals surface area (Å²) in [6.45, 7) is 0. The lowest BCUT2D eigenvalue weighted by Gasteiger charge is -2.03. The molecule has 0 aliphatic rings. The Morgan fingerprint density at radius 3 is 2.71 bits per heavy atom. The molecule has 0 N–H and O–H groups in total. The van der Waals surface area contributed by atoms with Crippen LogP contribution in [0.1, 0.15) is 17.8 Å². The Hall–Kier alpha value is -0.910. The number of alkyl halides is 3. The van der Waals surface area contributed by atoms with Gasteiger partial charge < -0.3 is 0 Å². The van der Waals surface area contributed by atoms with Gasteiger partial charge in [0.25, 0.3) is 0 Å². The lowest BCUT2D eigenvalue weighted by atomic mass is 10.2. The van der Waals surface area contributed by atoms with Gasteiger partial charge >= 0.3 is 6.18 Å². The summed E-state index contributed by atoms with van der Waals surface area (Å²) in [7, 11) is 0. The largest absolute Gasteiger partial charge is 0.389 e. The van der Waals surface area contributed by atoms with Crippen LogP contribution in [0.4, 0.5) is 13.2 Å². The third-order valence-corrected chi connectivity index (χ3v) is 2.30. The quantitative estimate of drug-likeness (QED) is 0.785. The first-order valence-corrected chi connectivity index (χ1v) is 4.82. The molecule has 1 aromatic heterocycles. The third-order valence-electron chi connectivity index (χ3n) is 1.52. The van der Waals surface area contributed by atoms with Gasteiger partial charge in [-0.05, 0) is 0 Å². The van der Waals surface area contributed by atoms with Crippen molar-refractivity contribution in [2.24, 2.45) is 0 Å². The van der Waals surface area contributed by atoms with Gasteiger partial charge in [-0.3, -0.25) is 4.79 Å². The van der Waals surface area contributed by atoms with Crippen molar-refractivity contribution < 1.29 is 18.0 Å². The van der Waals surface area contributed by atoms with E-state index in [1.165, 1.54) is 17.5 Å². The van der Waals surface area contributed by atoms with Crippen LogP contribution in [-0.2, 0) is 11.2 Å². The number of Topliss-reactive ketones (excluding diaryl/α,β-unsaturated/α-hetero) is 1. The van der Waals surface area contributed by atoms with Gasteiger partial charge in [0.15, 0.2) is 0 Å². The minimum absolute atomic E-state index is 0.00769. The van der Waals surface area contributed by atoms with Gasteiger partial charge in [-0.25, -0.2) is 4.98 Å². The normalized spacial score (nSPS) is 11.6. The smallest absolute Gasteiger partial charge is 0.299 e. The second-order valence-electron chi connectivity index (χ2n) is 2.76. The average molecular weight is 223 g/mol. The summed E-state index contributed by atoms with van der Waals surface area (Å²) in [5.41, 5.74) is 0. The second-order valence-corrected chi connectivity index (χ2v) is 3.74. The summed E-state index contributed by atoms with van der Waals surface area (Å²) in [5, 5.41) is 2.25. The number of rotatable bonds is 4. The number of hydrogen-bond donors (Lipinski definition) is 0. The lowest BCUT2D eigenvalue weighted by Crippen LogP contribution is -2.12. The highest BCUT2D eigenvalue weighted by molar-refractivity contribution is 7.09. The average Bonchev–Trinajstić information content (AvgIpc) is 2.52. The zero-order chi connectivity index (χ0) is 10.6. The van der Waals surface area contributed by atoms with Crippen LogP contribution >= 0.6 is 11.3 Å². The topological polar surface area (TPSA) is 30.0 Å². The summed E-state index contributed by atoms with van der Waals surface area (Å²) in [6.07, 6.45) is -4.22. The van der Waals surface area contributed by atoms with Crippen molar-refractivity contribution in [3.63, 3.8) is 0 Å². The predicted octanol–water partition coefficient (Wildman–Crippen LogP) is 2.60. The maximum atomic E-state index is 11.7. The SMILES string of the molecule is O=C(CCC(F)(F)F)Cc1nccs1. The van der Waals surface area contributed by atoms with Crippen LogP contribution in [0.3, 0.4) is 0 Å². The summed E-state index contributed by atoms with van der Waals surface area (Å²) in [5.74, 6) is -0.419. The van der Waals surface area contributed by atoms with Crippen LogP contribution in [0.5, 0.6) is 0 Å². The van der Waals surface area contributed by atoms with Crippen LogP contribution in [0.15, 0.2) is 11.6 Å². The van der Waals surface area contributed by atoms with E-state index in [2.05, 4.69) is 4.98 Å². The van der Waals surface area contributed by atoms with Crippen molar-refractivity contribution in [1.29, 1.82) is 0 Å². The molecule has 0 aliphatic heterocycles. The van der Waals surface area contributed by atoms with Gasteiger partial charge in [-0.1, -0.05) is 0 Å². The maximum Gasteiger partial charge on any atom is 0.389 e. The molecule has 6 heteroatoms. The first kappa shape index (κ1) is 11.2. The highest BCUT2D eigenvalue weighted by Gasteiger charge is 2.27. The standard InChI is InChI=1S/C8H8F3NOS/c9-8(10,11)2-1-6(13)5-7-12-3-4-14-7/h3-4H,1-2,5H2. The molecule has 14 heavy (non-hydrogen) atoms. The summed E-state index contributed by atoms with van der Waals surface area (Å²) >= 11 is 1.27. The number of aromatic nitrogens is 1. The van der Waals surface area contributed by atoms with Gasteiger partial charge in [0.1, 0.15) is 5.78 Å². The Balaban J connectivity index is 2.30. The zero-order valence-corrected chi connectivity index (χ0v) is 7.99. The molecule has 1 heterocycles. The Morgan fingerprint density at radius 2 is 2.21 bits per heavy atom. The molecule has 1 rings (SSSR count). The molecule has 0 bridgehead atoms. The number of carbonyl (C=O) groups excluding carboxylic acids is 1. The number of ketones is 1. The fraction of sp³-hybridized carbons (Fsp3) is 0.500. The minimum Gasteiger partial charge on any atom is -0.299 e. The molecule has 0 saturated carbocycles. The number of halogens is 3. The van der Waals surface area contributed by atoms with Crippen molar-refractivity contribution in [2.45, 2.75) is 25.4 Å². The van der Waals surface area contributed by atoms with E-state index in [4.69, 9.17) is 0 Å². The van der Waals surface area contributed by atoms with Crippen molar-refractivity contribution in [1.82, 2.24) is 4.98 Å². The molecule has 0 spiro atoms. The van der Waals surface area contributed by atoms with E-state index in [1.54, 1.807) is 5.38 Å². The van der Waals surface area contributed by atoms with E-state index < -0.39 is 24.8 Å². The van der Waals surface area contributed by atoms with Crippen LogP contribution < -0.4 is 0 Å². The van der Waals surface area contributed by atoms with E-state index in [0.717, 1.165) is 0 Å². The lowest BCUT2D eigenvalue weighted by molar-refractivity contribution is -0.143. The van der Waals surface area contributed by atoms with E-state index in [-0.39, 0.29) is 6.42 Å². The van der Waals surface area contributed by atoms with Crippen LogP contribution in [0.25, 0.3) is 0 Å². The minimum atomic E-state index is -4.25. The fourth-order valence-electron chi connectivity index (χ4n) is 0.878. The van der Waals surface area contributed by atoms with Crippen LogP contribution in [0.2, 0.25) is 0 Å². The van der Waals surface area contributed by atoms with E-state index in [9.17, 15) is 18.0 Å². The number of thiazole rings is 1. The zero-order valence-electron chi connectivity index (χ0n) is 7.17. The van der Waals surface area contributed by atoms with Crippen molar-refractivity contribution in [2.75, 3.05) is 0 Å². The molecule has 1 aromatic rings. The Kier molecular flexibility index (Phi) is 3.62. The van der Waals surface area contributed by atoms with Gasteiger partial charge in [0.2, 0.25) is 0 Å². The van der Waals surface area contributed by atoms with Crippen LogP contribution in [0, 0.1) is 0 Å². The van der Waals surface area contributed by atoms with Gasteiger partial charge in [0.05, 0.1) is 17.8 Å². The number of nitrogens with zero attached hydrogens (tertiary/aromatic N) is 1. The van der Waals surface area contributed by atoms with E-state index >= 15 is 0 Å². The molecule has 0 aromatic carbocycles. The van der Waals surface area contributed by atoms with Crippen molar-refractivity contribution in [3.05, 3.63) is 16.6 Å². The molecule has 0 unspecified atom stereocenters. The second kappa shape index (κ2) is 4.54. The van der Waals surface area contributed by atoms with Gasteiger partial charge in [0, 0.05) is 18.0 Å². The first-order valence-electron chi connectivity index (χ1n) is 3.94. The highest BCUT2D eigenvalue weighted by atomic mass is 32.1.